The molecule has 1 N–H and O–H groups in total. The number of hydrogen-bond donors (Lipinski definition) is 1. The number of nitrogens with one attached hydrogen (secondary N) is 1. The Morgan fingerprint density at radius 1 is 1.48 bits per heavy atom. The molecule has 0 bridgehead atoms. The average molecular weight is 291 g/mol. The number of carbonyl (C=O) groups excluding carboxylic acids is 2. The molecule has 0 unspecified atom stereocenters. The average Bonchev–Trinajstić information content (AvgIpc) is 3.11. The molecule has 6 heteroatoms. The summed E-state index contributed by atoms with van der Waals surface area (Å²) in [6.45, 7) is 4.36. The van der Waals surface area contributed by atoms with E-state index in [1.165, 1.54) is 4.90 Å². The molecular formula is C15H21N3O3. The summed E-state index contributed by atoms with van der Waals surface area (Å²) in [5.74, 6) is 1.39. The molecule has 114 valence electrons. The molecule has 1 aromatic rings. The van der Waals surface area contributed by atoms with Crippen molar-refractivity contribution >= 4 is 11.9 Å². The Morgan fingerprint density at radius 3 is 3.00 bits per heavy atom. The van der Waals surface area contributed by atoms with Gasteiger partial charge in [-0.25, -0.2) is 4.79 Å². The van der Waals surface area contributed by atoms with Crippen LogP contribution >= 0.6 is 0 Å². The standard InChI is InChI=1S/C15H21N3O3/c1-11-4-6-17(12(9-11)13-3-2-8-21-13)10-14(19)18-7-5-16-15(18)20/h2-3,8,11-12H,4-7,9-10H2,1H3,(H,16,20)/t11-,12-/m0/s1. The number of imide groups is 1. The minimum absolute atomic E-state index is 0.123. The van der Waals surface area contributed by atoms with Crippen LogP contribution in [0.1, 0.15) is 31.6 Å². The highest BCUT2D eigenvalue weighted by Gasteiger charge is 2.33. The molecule has 2 atom stereocenters. The Morgan fingerprint density at radius 2 is 2.33 bits per heavy atom. The largest absolute Gasteiger partial charge is 0.468 e. The summed E-state index contributed by atoms with van der Waals surface area (Å²) in [5, 5.41) is 2.66. The lowest BCUT2D eigenvalue weighted by Crippen LogP contribution is -2.45. The molecule has 2 fully saturated rings. The van der Waals surface area contributed by atoms with Gasteiger partial charge in [0.25, 0.3) is 0 Å². The first-order valence-corrected chi connectivity index (χ1v) is 7.51. The van der Waals surface area contributed by atoms with Gasteiger partial charge >= 0.3 is 6.03 Å². The van der Waals surface area contributed by atoms with Crippen molar-refractivity contribution in [1.82, 2.24) is 15.1 Å². The molecule has 0 radical (unpaired) electrons. The van der Waals surface area contributed by atoms with Gasteiger partial charge in [0.05, 0.1) is 18.8 Å². The van der Waals surface area contributed by atoms with Crippen LogP contribution in [0.3, 0.4) is 0 Å². The van der Waals surface area contributed by atoms with E-state index in [1.807, 2.05) is 12.1 Å². The van der Waals surface area contributed by atoms with Crippen molar-refractivity contribution in [3.05, 3.63) is 24.2 Å². The van der Waals surface area contributed by atoms with Gasteiger partial charge in [-0.05, 0) is 37.4 Å². The van der Waals surface area contributed by atoms with Crippen LogP contribution in [-0.2, 0) is 4.79 Å². The molecule has 6 nitrogen and oxygen atoms in total. The minimum Gasteiger partial charge on any atom is -0.468 e. The Labute approximate surface area is 124 Å². The molecule has 3 amide bonds. The van der Waals surface area contributed by atoms with Crippen LogP contribution in [-0.4, -0.2) is 47.9 Å². The number of rotatable bonds is 3. The molecule has 2 aliphatic heterocycles. The highest BCUT2D eigenvalue weighted by molar-refractivity contribution is 5.96. The number of amides is 3. The molecule has 0 spiro atoms. The van der Waals surface area contributed by atoms with Crippen molar-refractivity contribution in [2.75, 3.05) is 26.2 Å². The Bertz CT molecular complexity index is 514. The summed E-state index contributed by atoms with van der Waals surface area (Å²) in [4.78, 5) is 27.3. The molecule has 21 heavy (non-hydrogen) atoms. The van der Waals surface area contributed by atoms with Crippen molar-refractivity contribution in [3.8, 4) is 0 Å². The van der Waals surface area contributed by atoms with Crippen molar-refractivity contribution < 1.29 is 14.0 Å². The molecule has 0 aliphatic carbocycles. The minimum atomic E-state index is -0.278. The van der Waals surface area contributed by atoms with Gasteiger partial charge < -0.3 is 9.73 Å². The fourth-order valence-electron chi connectivity index (χ4n) is 3.12. The maximum absolute atomic E-state index is 12.3. The third kappa shape index (κ3) is 2.95. The van der Waals surface area contributed by atoms with Crippen molar-refractivity contribution in [2.45, 2.75) is 25.8 Å². The van der Waals surface area contributed by atoms with Crippen LogP contribution in [0.2, 0.25) is 0 Å². The lowest BCUT2D eigenvalue weighted by molar-refractivity contribution is -0.130. The highest BCUT2D eigenvalue weighted by atomic mass is 16.3. The number of furan rings is 1. The molecule has 1 aromatic heterocycles. The molecule has 3 rings (SSSR count). The van der Waals surface area contributed by atoms with Crippen LogP contribution in [0.5, 0.6) is 0 Å². The number of hydrogen-bond acceptors (Lipinski definition) is 4. The van der Waals surface area contributed by atoms with Gasteiger partial charge in [-0.1, -0.05) is 6.92 Å². The zero-order valence-electron chi connectivity index (χ0n) is 12.2. The highest BCUT2D eigenvalue weighted by Crippen LogP contribution is 2.34. The van der Waals surface area contributed by atoms with Crippen molar-refractivity contribution in [1.29, 1.82) is 0 Å². The third-order valence-electron chi connectivity index (χ3n) is 4.34. The first-order chi connectivity index (χ1) is 10.1. The third-order valence-corrected chi connectivity index (χ3v) is 4.34. The van der Waals surface area contributed by atoms with Gasteiger partial charge in [0.2, 0.25) is 5.91 Å². The molecule has 0 saturated carbocycles. The van der Waals surface area contributed by atoms with Gasteiger partial charge in [-0.3, -0.25) is 14.6 Å². The first kappa shape index (κ1) is 14.1. The van der Waals surface area contributed by atoms with E-state index in [9.17, 15) is 9.59 Å². The van der Waals surface area contributed by atoms with Gasteiger partial charge in [0.15, 0.2) is 0 Å². The summed E-state index contributed by atoms with van der Waals surface area (Å²) < 4.78 is 5.53. The second kappa shape index (κ2) is 5.89. The predicted molar refractivity (Wildman–Crippen MR) is 76.5 cm³/mol. The molecule has 2 saturated heterocycles. The maximum Gasteiger partial charge on any atom is 0.324 e. The zero-order chi connectivity index (χ0) is 14.8. The van der Waals surface area contributed by atoms with E-state index in [-0.39, 0.29) is 24.5 Å². The van der Waals surface area contributed by atoms with E-state index < -0.39 is 0 Å². The monoisotopic (exact) mass is 291 g/mol. The predicted octanol–water partition coefficient (Wildman–Crippen LogP) is 1.60. The summed E-state index contributed by atoms with van der Waals surface area (Å²) >= 11 is 0. The van der Waals surface area contributed by atoms with E-state index in [0.717, 1.165) is 25.1 Å². The Kier molecular flexibility index (Phi) is 3.96. The lowest BCUT2D eigenvalue weighted by Gasteiger charge is -2.37. The van der Waals surface area contributed by atoms with Crippen LogP contribution in [0.25, 0.3) is 0 Å². The summed E-state index contributed by atoms with van der Waals surface area (Å²) in [5.41, 5.74) is 0. The normalized spacial score (nSPS) is 26.9. The quantitative estimate of drug-likeness (QED) is 0.918. The Hall–Kier alpha value is -1.82. The van der Waals surface area contributed by atoms with Crippen LogP contribution < -0.4 is 5.32 Å². The van der Waals surface area contributed by atoms with E-state index in [0.29, 0.717) is 19.0 Å². The smallest absolute Gasteiger partial charge is 0.324 e. The molecule has 0 aromatic carbocycles. The number of carbonyl (C=O) groups is 2. The summed E-state index contributed by atoms with van der Waals surface area (Å²) in [7, 11) is 0. The second-order valence-corrected chi connectivity index (χ2v) is 5.91. The van der Waals surface area contributed by atoms with E-state index >= 15 is 0 Å². The molecule has 3 heterocycles. The zero-order valence-corrected chi connectivity index (χ0v) is 12.2. The number of piperidine rings is 1. The fourth-order valence-corrected chi connectivity index (χ4v) is 3.12. The SMILES string of the molecule is C[C@H]1CCN(CC(=O)N2CCNC2=O)[C@H](c2ccco2)C1. The fraction of sp³-hybridized carbons (Fsp3) is 0.600. The van der Waals surface area contributed by atoms with Gasteiger partial charge in [0, 0.05) is 13.1 Å². The number of urea groups is 1. The number of likely N-dealkylation sites (tertiary alicyclic amines) is 1. The van der Waals surface area contributed by atoms with Crippen LogP contribution in [0, 0.1) is 5.92 Å². The summed E-state index contributed by atoms with van der Waals surface area (Å²) in [6.07, 6.45) is 3.71. The van der Waals surface area contributed by atoms with Crippen LogP contribution in [0.4, 0.5) is 4.79 Å². The second-order valence-electron chi connectivity index (χ2n) is 5.91. The van der Waals surface area contributed by atoms with E-state index in [1.54, 1.807) is 6.26 Å². The van der Waals surface area contributed by atoms with Crippen LogP contribution in [0.15, 0.2) is 22.8 Å². The van der Waals surface area contributed by atoms with Gasteiger partial charge in [-0.2, -0.15) is 0 Å². The Balaban J connectivity index is 1.70. The van der Waals surface area contributed by atoms with Crippen molar-refractivity contribution in [2.24, 2.45) is 5.92 Å². The van der Waals surface area contributed by atoms with E-state index in [4.69, 9.17) is 4.42 Å². The maximum atomic E-state index is 12.3. The van der Waals surface area contributed by atoms with Gasteiger partial charge in [0.1, 0.15) is 5.76 Å². The first-order valence-electron chi connectivity index (χ1n) is 7.51. The topological polar surface area (TPSA) is 65.8 Å². The van der Waals surface area contributed by atoms with Gasteiger partial charge in [-0.15, -0.1) is 0 Å². The lowest BCUT2D eigenvalue weighted by atomic mass is 9.91. The summed E-state index contributed by atoms with van der Waals surface area (Å²) in [6, 6.07) is 3.68. The molecular weight excluding hydrogens is 270 g/mol. The van der Waals surface area contributed by atoms with Crippen molar-refractivity contribution in [3.63, 3.8) is 0 Å². The van der Waals surface area contributed by atoms with E-state index in [2.05, 4.69) is 17.1 Å². The molecule has 2 aliphatic rings. The number of nitrogens with zero attached hydrogens (tertiary/aromatic N) is 2.